The topological polar surface area (TPSA) is 29.1 Å². The van der Waals surface area contributed by atoms with Crippen molar-refractivity contribution in [2.24, 2.45) is 5.92 Å². The van der Waals surface area contributed by atoms with E-state index < -0.39 is 0 Å². The molecular formula is C14H16Br2ClNO. The van der Waals surface area contributed by atoms with Crippen LogP contribution in [0.2, 0.25) is 5.02 Å². The van der Waals surface area contributed by atoms with Crippen LogP contribution in [0.25, 0.3) is 0 Å². The van der Waals surface area contributed by atoms with Crippen LogP contribution < -0.4 is 5.32 Å². The molecule has 1 aromatic carbocycles. The molecule has 0 heterocycles. The third-order valence-electron chi connectivity index (χ3n) is 3.50. The van der Waals surface area contributed by atoms with E-state index in [1.807, 2.05) is 0 Å². The van der Waals surface area contributed by atoms with E-state index >= 15 is 0 Å². The van der Waals surface area contributed by atoms with Crippen LogP contribution in [-0.2, 0) is 0 Å². The Kier molecular flexibility index (Phi) is 5.72. The molecule has 1 aliphatic rings. The zero-order valence-corrected chi connectivity index (χ0v) is 14.4. The summed E-state index contributed by atoms with van der Waals surface area (Å²) in [4.78, 5) is 12.7. The number of benzene rings is 1. The lowest BCUT2D eigenvalue weighted by Crippen LogP contribution is -2.31. The summed E-state index contributed by atoms with van der Waals surface area (Å²) in [6.45, 7) is 0.758. The number of carbonyl (C=O) groups is 1. The third kappa shape index (κ3) is 4.47. The summed E-state index contributed by atoms with van der Waals surface area (Å²) in [5.74, 6) is 0.563. The molecule has 0 spiro atoms. The molecule has 1 N–H and O–H groups in total. The Morgan fingerprint density at radius 3 is 2.63 bits per heavy atom. The zero-order valence-electron chi connectivity index (χ0n) is 10.5. The van der Waals surface area contributed by atoms with Crippen molar-refractivity contribution in [3.63, 3.8) is 0 Å². The number of amides is 1. The summed E-state index contributed by atoms with van der Waals surface area (Å²) in [6, 6.07) is 5.22. The van der Waals surface area contributed by atoms with Gasteiger partial charge in [-0.15, -0.1) is 0 Å². The van der Waals surface area contributed by atoms with Crippen LogP contribution in [0.5, 0.6) is 0 Å². The molecule has 0 aromatic heterocycles. The number of nitrogens with one attached hydrogen (secondary N) is 1. The zero-order chi connectivity index (χ0) is 13.8. The highest BCUT2D eigenvalue weighted by atomic mass is 79.9. The normalized spacial score (nSPS) is 23.1. The van der Waals surface area contributed by atoms with E-state index in [0.29, 0.717) is 21.3 Å². The van der Waals surface area contributed by atoms with Gasteiger partial charge in [-0.25, -0.2) is 0 Å². The molecule has 19 heavy (non-hydrogen) atoms. The second kappa shape index (κ2) is 7.09. The van der Waals surface area contributed by atoms with E-state index in [9.17, 15) is 4.79 Å². The molecule has 2 rings (SSSR count). The van der Waals surface area contributed by atoms with E-state index in [0.717, 1.165) is 11.0 Å². The monoisotopic (exact) mass is 407 g/mol. The van der Waals surface area contributed by atoms with Crippen molar-refractivity contribution in [3.8, 4) is 0 Å². The molecule has 2 nitrogen and oxygen atoms in total. The molecule has 0 atom stereocenters. The maximum absolute atomic E-state index is 12.1. The minimum atomic E-state index is -0.0375. The van der Waals surface area contributed by atoms with Crippen LogP contribution in [0.1, 0.15) is 36.0 Å². The smallest absolute Gasteiger partial charge is 0.252 e. The molecular weight excluding hydrogens is 393 g/mol. The van der Waals surface area contributed by atoms with Gasteiger partial charge in [0, 0.05) is 20.9 Å². The first-order valence-electron chi connectivity index (χ1n) is 6.43. The van der Waals surface area contributed by atoms with Crippen molar-refractivity contribution >= 4 is 49.4 Å². The predicted octanol–water partition coefficient (Wildman–Crippen LogP) is 4.79. The van der Waals surface area contributed by atoms with Gasteiger partial charge < -0.3 is 5.32 Å². The fraction of sp³-hybridized carbons (Fsp3) is 0.500. The molecule has 0 saturated heterocycles. The summed E-state index contributed by atoms with van der Waals surface area (Å²) >= 11 is 12.9. The Balaban J connectivity index is 1.87. The molecule has 0 aliphatic heterocycles. The number of alkyl halides is 1. The van der Waals surface area contributed by atoms with E-state index in [1.54, 1.807) is 18.2 Å². The fourth-order valence-corrected chi connectivity index (χ4v) is 3.72. The molecule has 1 fully saturated rings. The molecule has 0 bridgehead atoms. The van der Waals surface area contributed by atoms with E-state index in [-0.39, 0.29) is 5.91 Å². The van der Waals surface area contributed by atoms with Gasteiger partial charge in [-0.05, 0) is 65.7 Å². The lowest BCUT2D eigenvalue weighted by Gasteiger charge is -2.25. The van der Waals surface area contributed by atoms with Gasteiger partial charge in [-0.1, -0.05) is 27.5 Å². The molecule has 1 aromatic rings. The standard InChI is InChI=1S/C14H16Br2ClNO/c15-10-3-1-9(2-4-10)8-18-14(19)12-6-5-11(17)7-13(12)16/h5-7,9-10H,1-4,8H2,(H,18,19). The Morgan fingerprint density at radius 2 is 2.00 bits per heavy atom. The second-order valence-corrected chi connectivity index (χ2v) is 7.54. The number of hydrogen-bond acceptors (Lipinski definition) is 1. The minimum absolute atomic E-state index is 0.0375. The summed E-state index contributed by atoms with van der Waals surface area (Å²) in [5.41, 5.74) is 0.638. The highest BCUT2D eigenvalue weighted by Gasteiger charge is 2.20. The van der Waals surface area contributed by atoms with Crippen molar-refractivity contribution in [1.82, 2.24) is 5.32 Å². The maximum atomic E-state index is 12.1. The number of rotatable bonds is 3. The SMILES string of the molecule is O=C(NCC1CCC(Br)CC1)c1ccc(Cl)cc1Br. The van der Waals surface area contributed by atoms with Crippen LogP contribution in [0, 0.1) is 5.92 Å². The average Bonchev–Trinajstić information content (AvgIpc) is 2.37. The van der Waals surface area contributed by atoms with Gasteiger partial charge >= 0.3 is 0 Å². The van der Waals surface area contributed by atoms with Crippen molar-refractivity contribution in [2.45, 2.75) is 30.5 Å². The van der Waals surface area contributed by atoms with Crippen molar-refractivity contribution in [3.05, 3.63) is 33.3 Å². The lowest BCUT2D eigenvalue weighted by molar-refractivity contribution is 0.0943. The molecule has 104 valence electrons. The highest BCUT2D eigenvalue weighted by molar-refractivity contribution is 9.10. The number of carbonyl (C=O) groups excluding carboxylic acids is 1. The van der Waals surface area contributed by atoms with Crippen LogP contribution >= 0.6 is 43.5 Å². The van der Waals surface area contributed by atoms with Crippen molar-refractivity contribution < 1.29 is 4.79 Å². The third-order valence-corrected chi connectivity index (χ3v) is 5.31. The summed E-state index contributed by atoms with van der Waals surface area (Å²) in [6.07, 6.45) is 4.76. The maximum Gasteiger partial charge on any atom is 0.252 e. The van der Waals surface area contributed by atoms with E-state index in [1.165, 1.54) is 25.7 Å². The first-order chi connectivity index (χ1) is 9.06. The van der Waals surface area contributed by atoms with Gasteiger partial charge in [0.15, 0.2) is 0 Å². The van der Waals surface area contributed by atoms with Crippen LogP contribution in [0.15, 0.2) is 22.7 Å². The average molecular weight is 410 g/mol. The van der Waals surface area contributed by atoms with Crippen LogP contribution in [0.4, 0.5) is 0 Å². The molecule has 0 unspecified atom stereocenters. The number of hydrogen-bond donors (Lipinski definition) is 1. The predicted molar refractivity (Wildman–Crippen MR) is 86.2 cm³/mol. The Bertz CT molecular complexity index is 459. The first-order valence-corrected chi connectivity index (χ1v) is 8.52. The Hall–Kier alpha value is -0.0600. The largest absolute Gasteiger partial charge is 0.352 e. The summed E-state index contributed by atoms with van der Waals surface area (Å²) in [5, 5.41) is 3.64. The Morgan fingerprint density at radius 1 is 1.32 bits per heavy atom. The van der Waals surface area contributed by atoms with E-state index in [4.69, 9.17) is 11.6 Å². The van der Waals surface area contributed by atoms with Crippen LogP contribution in [-0.4, -0.2) is 17.3 Å². The molecule has 1 amide bonds. The summed E-state index contributed by atoms with van der Waals surface area (Å²) in [7, 11) is 0. The molecule has 0 radical (unpaired) electrons. The fourth-order valence-electron chi connectivity index (χ4n) is 2.33. The van der Waals surface area contributed by atoms with Crippen molar-refractivity contribution in [2.75, 3.05) is 6.54 Å². The minimum Gasteiger partial charge on any atom is -0.352 e. The van der Waals surface area contributed by atoms with Gasteiger partial charge in [-0.2, -0.15) is 0 Å². The van der Waals surface area contributed by atoms with Gasteiger partial charge in [0.1, 0.15) is 0 Å². The molecule has 1 saturated carbocycles. The summed E-state index contributed by atoms with van der Waals surface area (Å²) < 4.78 is 0.738. The highest BCUT2D eigenvalue weighted by Crippen LogP contribution is 2.28. The first kappa shape index (κ1) is 15.3. The van der Waals surface area contributed by atoms with E-state index in [2.05, 4.69) is 37.2 Å². The second-order valence-electron chi connectivity index (χ2n) is 4.95. The van der Waals surface area contributed by atoms with Crippen LogP contribution in [0.3, 0.4) is 0 Å². The van der Waals surface area contributed by atoms with Gasteiger partial charge in [0.05, 0.1) is 5.56 Å². The quantitative estimate of drug-likeness (QED) is 0.715. The molecule has 1 aliphatic carbocycles. The lowest BCUT2D eigenvalue weighted by atomic mass is 9.89. The van der Waals surface area contributed by atoms with Gasteiger partial charge in [0.2, 0.25) is 0 Å². The molecule has 5 heteroatoms. The Labute approximate surface area is 135 Å². The van der Waals surface area contributed by atoms with Gasteiger partial charge in [0.25, 0.3) is 5.91 Å². The van der Waals surface area contributed by atoms with Gasteiger partial charge in [-0.3, -0.25) is 4.79 Å². The van der Waals surface area contributed by atoms with Crippen molar-refractivity contribution in [1.29, 1.82) is 0 Å². The number of halogens is 3.